The van der Waals surface area contributed by atoms with Crippen molar-refractivity contribution in [3.05, 3.63) is 82.6 Å². The zero-order valence-corrected chi connectivity index (χ0v) is 37.7. The van der Waals surface area contributed by atoms with Crippen LogP contribution < -0.4 is 0 Å². The molecule has 0 radical (unpaired) electrons. The third-order valence-corrected chi connectivity index (χ3v) is 11.3. The number of carboxylic acids is 1. The first kappa shape index (κ1) is 44.7. The second-order valence-corrected chi connectivity index (χ2v) is 19.0. The summed E-state index contributed by atoms with van der Waals surface area (Å²) in [5.41, 5.74) is 5.64. The number of oxazole rings is 2. The Morgan fingerprint density at radius 1 is 0.800 bits per heavy atom. The average Bonchev–Trinajstić information content (AvgIpc) is 3.77. The number of rotatable bonds is 12. The van der Waals surface area contributed by atoms with Crippen molar-refractivity contribution >= 4 is 28.6 Å². The SMILES string of the molecule is CC(C)c1oc(-c2ccc(C(C)(C)C)cc2)nc1CI.COC(c1nc(-c2ccc(C(C)(C)C)cc2)oc1C(C)C)[C@@H]1CCC[C@H](COC(C)(C)C(=O)O)C1. The fourth-order valence-electron chi connectivity index (χ4n) is 7.02. The number of ether oxygens (including phenoxy) is 2. The summed E-state index contributed by atoms with van der Waals surface area (Å²) in [4.78, 5) is 21.0. The Bertz CT molecular complexity index is 1820. The van der Waals surface area contributed by atoms with Gasteiger partial charge in [0, 0.05) is 34.5 Å². The van der Waals surface area contributed by atoms with Crippen LogP contribution in [0, 0.1) is 11.8 Å². The van der Waals surface area contributed by atoms with E-state index in [2.05, 4.69) is 145 Å². The lowest BCUT2D eigenvalue weighted by molar-refractivity contribution is -0.163. The Hall–Kier alpha value is -3.02. The van der Waals surface area contributed by atoms with E-state index < -0.39 is 11.6 Å². The van der Waals surface area contributed by atoms with Crippen molar-refractivity contribution in [2.45, 2.75) is 148 Å². The molecule has 1 saturated carbocycles. The van der Waals surface area contributed by atoms with Gasteiger partial charge in [-0.1, -0.05) is 123 Å². The molecule has 2 aromatic heterocycles. The topological polar surface area (TPSA) is 108 Å². The molecule has 3 atom stereocenters. The first-order chi connectivity index (χ1) is 25.7. The molecule has 0 spiro atoms. The van der Waals surface area contributed by atoms with Crippen molar-refractivity contribution in [3.63, 3.8) is 0 Å². The Labute approximate surface area is 343 Å². The molecule has 1 unspecified atom stereocenters. The normalized spacial score (nSPS) is 17.3. The molecular weight excluding hydrogens is 803 g/mol. The number of carboxylic acid groups (broad SMARTS) is 1. The molecule has 2 aromatic carbocycles. The van der Waals surface area contributed by atoms with E-state index in [1.54, 1.807) is 21.0 Å². The van der Waals surface area contributed by atoms with Crippen LogP contribution in [-0.4, -0.2) is 40.4 Å². The van der Waals surface area contributed by atoms with E-state index in [0.29, 0.717) is 24.3 Å². The van der Waals surface area contributed by atoms with E-state index in [9.17, 15) is 9.90 Å². The summed E-state index contributed by atoms with van der Waals surface area (Å²) in [6.45, 7) is 25.4. The van der Waals surface area contributed by atoms with Gasteiger partial charge in [0.2, 0.25) is 11.8 Å². The second-order valence-electron chi connectivity index (χ2n) is 18.3. The number of benzene rings is 2. The maximum absolute atomic E-state index is 11.4. The lowest BCUT2D eigenvalue weighted by atomic mass is 9.77. The number of carbonyl (C=O) groups is 1. The first-order valence-corrected chi connectivity index (χ1v) is 21.4. The molecule has 2 heterocycles. The summed E-state index contributed by atoms with van der Waals surface area (Å²) in [7, 11) is 1.74. The Morgan fingerprint density at radius 3 is 1.71 bits per heavy atom. The monoisotopic (exact) mass is 868 g/mol. The van der Waals surface area contributed by atoms with Gasteiger partial charge in [0.1, 0.15) is 23.3 Å². The highest BCUT2D eigenvalue weighted by atomic mass is 127. The molecule has 0 saturated heterocycles. The number of hydrogen-bond donors (Lipinski definition) is 1. The second kappa shape index (κ2) is 18.5. The molecule has 5 rings (SSSR count). The fourth-order valence-corrected chi connectivity index (χ4v) is 7.56. The van der Waals surface area contributed by atoms with Crippen molar-refractivity contribution in [3.8, 4) is 22.9 Å². The molecule has 9 heteroatoms. The van der Waals surface area contributed by atoms with Crippen LogP contribution in [0.5, 0.6) is 0 Å². The summed E-state index contributed by atoms with van der Waals surface area (Å²) in [6.07, 6.45) is 3.87. The highest BCUT2D eigenvalue weighted by Crippen LogP contribution is 2.43. The predicted octanol–water partition coefficient (Wildman–Crippen LogP) is 12.8. The first-order valence-electron chi connectivity index (χ1n) is 19.8. The molecule has 8 nitrogen and oxygen atoms in total. The van der Waals surface area contributed by atoms with E-state index in [-0.39, 0.29) is 28.8 Å². The van der Waals surface area contributed by atoms with Crippen molar-refractivity contribution in [1.29, 1.82) is 0 Å². The van der Waals surface area contributed by atoms with Crippen LogP contribution in [0.1, 0.15) is 161 Å². The molecule has 0 bridgehead atoms. The van der Waals surface area contributed by atoms with Crippen LogP contribution in [0.4, 0.5) is 0 Å². The third kappa shape index (κ3) is 11.5. The van der Waals surface area contributed by atoms with Gasteiger partial charge in [-0.25, -0.2) is 14.8 Å². The molecule has 4 aromatic rings. The van der Waals surface area contributed by atoms with E-state index >= 15 is 0 Å². The lowest BCUT2D eigenvalue weighted by Gasteiger charge is -2.34. The number of hydrogen-bond acceptors (Lipinski definition) is 7. The van der Waals surface area contributed by atoms with Crippen LogP contribution in [0.15, 0.2) is 57.4 Å². The highest BCUT2D eigenvalue weighted by molar-refractivity contribution is 14.1. The van der Waals surface area contributed by atoms with Gasteiger partial charge in [0.05, 0.1) is 12.3 Å². The summed E-state index contributed by atoms with van der Waals surface area (Å²) in [5, 5.41) is 9.37. The van der Waals surface area contributed by atoms with Gasteiger partial charge >= 0.3 is 5.97 Å². The van der Waals surface area contributed by atoms with Crippen LogP contribution in [-0.2, 0) is 29.5 Å². The summed E-state index contributed by atoms with van der Waals surface area (Å²) >= 11 is 2.34. The van der Waals surface area contributed by atoms with Crippen LogP contribution in [0.2, 0.25) is 0 Å². The number of methoxy groups -OCH3 is 1. The molecule has 1 aliphatic rings. The molecule has 0 aliphatic heterocycles. The predicted molar refractivity (Wildman–Crippen MR) is 230 cm³/mol. The van der Waals surface area contributed by atoms with Gasteiger partial charge in [-0.2, -0.15) is 0 Å². The van der Waals surface area contributed by atoms with E-state index in [0.717, 1.165) is 70.0 Å². The number of nitrogens with zero attached hydrogens (tertiary/aromatic N) is 2. The Morgan fingerprint density at radius 2 is 1.29 bits per heavy atom. The zero-order valence-electron chi connectivity index (χ0n) is 35.5. The molecule has 0 amide bonds. The standard InChI is InChI=1S/C29H43NO5.C17H22INO/c1-18(2)24-23(30-26(35-24)20-12-14-22(15-13-20)28(3,4)5)25(33-8)21-11-9-10-19(16-21)17-34-29(6,7)27(31)32;1-11(2)15-14(10-18)19-16(20-15)12-6-8-13(9-7-12)17(3,4)5/h12-15,18-19,21,25H,9-11,16-17H2,1-8H3,(H,31,32);6-9,11H,10H2,1-5H3/t19-,21+,25?;/m0./s1. The molecule has 302 valence electrons. The minimum atomic E-state index is -1.18. The summed E-state index contributed by atoms with van der Waals surface area (Å²) < 4.78 is 25.0. The third-order valence-electron chi connectivity index (χ3n) is 10.5. The number of aliphatic carboxylic acids is 1. The van der Waals surface area contributed by atoms with E-state index in [1.807, 2.05) is 0 Å². The van der Waals surface area contributed by atoms with E-state index in [1.165, 1.54) is 11.1 Å². The van der Waals surface area contributed by atoms with Crippen molar-refractivity contribution < 1.29 is 28.2 Å². The minimum absolute atomic E-state index is 0.0887. The van der Waals surface area contributed by atoms with Gasteiger partial charge in [0.25, 0.3) is 0 Å². The van der Waals surface area contributed by atoms with Crippen LogP contribution in [0.3, 0.4) is 0 Å². The maximum atomic E-state index is 11.4. The van der Waals surface area contributed by atoms with E-state index in [4.69, 9.17) is 23.3 Å². The molecule has 1 fully saturated rings. The molecule has 1 aliphatic carbocycles. The van der Waals surface area contributed by atoms with Crippen LogP contribution >= 0.6 is 22.6 Å². The van der Waals surface area contributed by atoms with Crippen molar-refractivity contribution in [2.75, 3.05) is 13.7 Å². The lowest BCUT2D eigenvalue weighted by Crippen LogP contribution is -2.37. The number of alkyl halides is 1. The van der Waals surface area contributed by atoms with Crippen LogP contribution in [0.25, 0.3) is 22.9 Å². The number of aromatic nitrogens is 2. The number of halogens is 1. The summed E-state index contributed by atoms with van der Waals surface area (Å²) in [6, 6.07) is 17.0. The van der Waals surface area contributed by atoms with Gasteiger partial charge < -0.3 is 23.4 Å². The van der Waals surface area contributed by atoms with Gasteiger partial charge in [-0.15, -0.1) is 0 Å². The average molecular weight is 869 g/mol. The van der Waals surface area contributed by atoms with Gasteiger partial charge in [0.15, 0.2) is 5.60 Å². The Kier molecular flexibility index (Phi) is 15.0. The molecule has 1 N–H and O–H groups in total. The maximum Gasteiger partial charge on any atom is 0.335 e. The highest BCUT2D eigenvalue weighted by Gasteiger charge is 2.36. The van der Waals surface area contributed by atoms with Gasteiger partial charge in [-0.05, 0) is 91.2 Å². The van der Waals surface area contributed by atoms with Gasteiger partial charge in [-0.3, -0.25) is 0 Å². The van der Waals surface area contributed by atoms with Crippen molar-refractivity contribution in [2.24, 2.45) is 11.8 Å². The molecular formula is C46H65IN2O6. The quantitative estimate of drug-likeness (QED) is 0.111. The summed E-state index contributed by atoms with van der Waals surface area (Å²) in [5.74, 6) is 3.42. The fraction of sp³-hybridized carbons (Fsp3) is 0.587. The minimum Gasteiger partial charge on any atom is -0.479 e. The van der Waals surface area contributed by atoms with Crippen molar-refractivity contribution in [1.82, 2.24) is 9.97 Å². The smallest absolute Gasteiger partial charge is 0.335 e. The zero-order chi connectivity index (χ0) is 40.9. The Balaban J connectivity index is 0.000000284. The molecule has 55 heavy (non-hydrogen) atoms. The largest absolute Gasteiger partial charge is 0.479 e.